The summed E-state index contributed by atoms with van der Waals surface area (Å²) in [5.41, 5.74) is 0. The molecule has 0 rings (SSSR count). The molecule has 0 aromatic heterocycles. The molecule has 1 N–H and O–H groups in total. The quantitative estimate of drug-likeness (QED) is 0.133. The van der Waals surface area contributed by atoms with Gasteiger partial charge < -0.3 is 9.84 Å². The van der Waals surface area contributed by atoms with Crippen LogP contribution in [0.4, 0.5) is 0 Å². The lowest BCUT2D eigenvalue weighted by molar-refractivity contribution is -0.290. The van der Waals surface area contributed by atoms with Gasteiger partial charge in [-0.2, -0.15) is 23.5 Å². The van der Waals surface area contributed by atoms with Gasteiger partial charge in [-0.25, -0.2) is 9.78 Å². The van der Waals surface area contributed by atoms with Gasteiger partial charge in [0.2, 0.25) is 0 Å². The zero-order valence-electron chi connectivity index (χ0n) is 13.0. The van der Waals surface area contributed by atoms with Crippen LogP contribution >= 0.6 is 47.0 Å². The Balaban J connectivity index is 3.08. The van der Waals surface area contributed by atoms with Gasteiger partial charge in [0.15, 0.2) is 0 Å². The van der Waals surface area contributed by atoms with Crippen molar-refractivity contribution < 1.29 is 24.4 Å². The van der Waals surface area contributed by atoms with E-state index in [9.17, 15) is 4.79 Å². The molecule has 0 amide bonds. The van der Waals surface area contributed by atoms with Crippen molar-refractivity contribution in [3.8, 4) is 0 Å². The average molecular weight is 391 g/mol. The Labute approximate surface area is 150 Å². The Kier molecular flexibility index (Phi) is 20.5. The summed E-state index contributed by atoms with van der Waals surface area (Å²) in [5, 5.41) is 10.6. The van der Waals surface area contributed by atoms with Crippen LogP contribution < -0.4 is 0 Å². The van der Waals surface area contributed by atoms with E-state index in [1.807, 2.05) is 30.4 Å². The number of aliphatic hydroxyl groups excluding tert-OH is 1. The number of aliphatic hydroxyl groups is 1. The number of esters is 1. The predicted octanol–water partition coefficient (Wildman–Crippen LogP) is 3.08. The van der Waals surface area contributed by atoms with Gasteiger partial charge >= 0.3 is 5.97 Å². The van der Waals surface area contributed by atoms with Crippen LogP contribution in [0.3, 0.4) is 0 Å². The van der Waals surface area contributed by atoms with Crippen LogP contribution in [0.5, 0.6) is 0 Å². The first-order valence-electron chi connectivity index (χ1n) is 7.13. The molecule has 0 aliphatic rings. The van der Waals surface area contributed by atoms with E-state index in [1.54, 1.807) is 11.8 Å². The van der Waals surface area contributed by atoms with Crippen molar-refractivity contribution in [2.75, 3.05) is 53.2 Å². The van der Waals surface area contributed by atoms with Crippen molar-refractivity contribution in [2.24, 2.45) is 0 Å². The van der Waals surface area contributed by atoms with Gasteiger partial charge in [0.25, 0.3) is 0 Å². The van der Waals surface area contributed by atoms with Gasteiger partial charge in [0, 0.05) is 21.7 Å². The summed E-state index contributed by atoms with van der Waals surface area (Å²) in [7, 11) is 0. The Hall–Kier alpha value is 0.750. The van der Waals surface area contributed by atoms with Gasteiger partial charge in [-0.15, -0.1) is 23.5 Å². The molecule has 132 valence electrons. The third kappa shape index (κ3) is 18.8. The van der Waals surface area contributed by atoms with Crippen LogP contribution in [0.1, 0.15) is 19.8 Å². The first kappa shape index (κ1) is 22.8. The van der Waals surface area contributed by atoms with Crippen molar-refractivity contribution in [2.45, 2.75) is 19.8 Å². The maximum absolute atomic E-state index is 11.3. The minimum absolute atomic E-state index is 0.0716. The summed E-state index contributed by atoms with van der Waals surface area (Å²) in [6.07, 6.45) is 1.45. The fourth-order valence-electron chi connectivity index (χ4n) is 1.14. The maximum atomic E-state index is 11.3. The fraction of sp³-hybridized carbons (Fsp3) is 0.923. The van der Waals surface area contributed by atoms with E-state index in [4.69, 9.17) is 19.6 Å². The Bertz CT molecular complexity index is 246. The van der Waals surface area contributed by atoms with Crippen LogP contribution in [0.2, 0.25) is 0 Å². The third-order valence-corrected chi connectivity index (χ3v) is 6.46. The summed E-state index contributed by atoms with van der Waals surface area (Å²) in [5.74, 6) is 2.44. The fourth-order valence-corrected chi connectivity index (χ4v) is 4.87. The molecule has 0 bridgehead atoms. The largest absolute Gasteiger partial charge is 0.465 e. The molecule has 5 nitrogen and oxygen atoms in total. The molecule has 0 saturated heterocycles. The average Bonchev–Trinajstić information content (AvgIpc) is 2.52. The molecular formula is C13H26O5S4. The summed E-state index contributed by atoms with van der Waals surface area (Å²) < 4.78 is 5.03. The Morgan fingerprint density at radius 1 is 0.955 bits per heavy atom. The number of carbonyl (C=O) groups is 1. The topological polar surface area (TPSA) is 65.0 Å². The highest BCUT2D eigenvalue weighted by Gasteiger charge is 2.02. The number of ether oxygens (including phenoxy) is 1. The number of carbonyl (C=O) groups excluding carboxylic acids is 1. The highest BCUT2D eigenvalue weighted by atomic mass is 32.2. The van der Waals surface area contributed by atoms with E-state index < -0.39 is 0 Å². The monoisotopic (exact) mass is 390 g/mol. The van der Waals surface area contributed by atoms with Crippen LogP contribution in [0, 0.1) is 0 Å². The molecule has 0 fully saturated rings. The normalized spacial score (nSPS) is 10.8. The van der Waals surface area contributed by atoms with Gasteiger partial charge in [-0.05, 0) is 19.1 Å². The molecule has 0 radical (unpaired) electrons. The molecule has 9 heteroatoms. The zero-order chi connectivity index (χ0) is 16.3. The van der Waals surface area contributed by atoms with E-state index >= 15 is 0 Å². The molecule has 0 saturated carbocycles. The molecule has 0 aromatic rings. The number of hydrogen-bond acceptors (Lipinski definition) is 9. The molecule has 22 heavy (non-hydrogen) atoms. The van der Waals surface area contributed by atoms with Crippen molar-refractivity contribution in [1.82, 2.24) is 0 Å². The van der Waals surface area contributed by atoms with E-state index in [1.165, 1.54) is 11.8 Å². The predicted molar refractivity (Wildman–Crippen MR) is 99.6 cm³/mol. The minimum Gasteiger partial charge on any atom is -0.465 e. The second kappa shape index (κ2) is 19.8. The molecule has 0 atom stereocenters. The first-order valence-corrected chi connectivity index (χ1v) is 11.7. The summed E-state index contributed by atoms with van der Waals surface area (Å²) in [6, 6.07) is 0. The van der Waals surface area contributed by atoms with Crippen molar-refractivity contribution in [1.29, 1.82) is 0 Å². The lowest BCUT2D eigenvalue weighted by atomic mass is 10.5. The van der Waals surface area contributed by atoms with Crippen molar-refractivity contribution in [3.63, 3.8) is 0 Å². The van der Waals surface area contributed by atoms with Gasteiger partial charge in [0.1, 0.15) is 6.61 Å². The standard InChI is InChI=1S/C13H26O5S4/c1-2-17-18-5-3-7-20-11-22-12-21-8-4-13(15)16-6-9-19-10-14/h14H,2-12H2,1H3. The van der Waals surface area contributed by atoms with E-state index in [2.05, 4.69) is 0 Å². The van der Waals surface area contributed by atoms with Gasteiger partial charge in [0.05, 0.1) is 25.6 Å². The molecule has 0 aliphatic carbocycles. The summed E-state index contributed by atoms with van der Waals surface area (Å²) in [6.45, 7) is 3.53. The zero-order valence-corrected chi connectivity index (χ0v) is 16.3. The molecule has 0 aromatic carbocycles. The first-order chi connectivity index (χ1) is 10.8. The number of rotatable bonds is 17. The maximum Gasteiger partial charge on any atom is 0.306 e. The second-order valence-corrected chi connectivity index (χ2v) is 8.85. The summed E-state index contributed by atoms with van der Waals surface area (Å²) in [4.78, 5) is 21.1. The van der Waals surface area contributed by atoms with Crippen molar-refractivity contribution in [3.05, 3.63) is 0 Å². The number of thioether (sulfide) groups is 4. The molecule has 0 aliphatic heterocycles. The van der Waals surface area contributed by atoms with Crippen LogP contribution in [-0.2, 0) is 19.3 Å². The van der Waals surface area contributed by atoms with Crippen molar-refractivity contribution >= 4 is 53.0 Å². The van der Waals surface area contributed by atoms with Gasteiger partial charge in [-0.3, -0.25) is 4.79 Å². The second-order valence-electron chi connectivity index (χ2n) is 3.85. The van der Waals surface area contributed by atoms with Gasteiger partial charge in [-0.1, -0.05) is 0 Å². The molecule has 0 heterocycles. The lowest BCUT2D eigenvalue weighted by Gasteiger charge is -2.04. The van der Waals surface area contributed by atoms with Crippen LogP contribution in [0.25, 0.3) is 0 Å². The molecule has 0 spiro atoms. The summed E-state index contributed by atoms with van der Waals surface area (Å²) >= 11 is 6.87. The highest BCUT2D eigenvalue weighted by Crippen LogP contribution is 2.18. The van der Waals surface area contributed by atoms with E-state index in [0.29, 0.717) is 32.0 Å². The lowest BCUT2D eigenvalue weighted by Crippen LogP contribution is -2.08. The smallest absolute Gasteiger partial charge is 0.306 e. The van der Waals surface area contributed by atoms with E-state index in [-0.39, 0.29) is 11.9 Å². The van der Waals surface area contributed by atoms with Crippen LogP contribution in [-0.4, -0.2) is 64.3 Å². The Morgan fingerprint density at radius 2 is 1.73 bits per heavy atom. The van der Waals surface area contributed by atoms with Crippen LogP contribution in [0.15, 0.2) is 0 Å². The Morgan fingerprint density at radius 3 is 2.45 bits per heavy atom. The molecular weight excluding hydrogens is 364 g/mol. The molecule has 0 unspecified atom stereocenters. The number of hydrogen-bond donors (Lipinski definition) is 1. The SMILES string of the molecule is CCOOCCCSCSCSCCC(=O)OCCSCO. The highest BCUT2D eigenvalue weighted by molar-refractivity contribution is 8.22. The third-order valence-electron chi connectivity index (χ3n) is 2.08. The van der Waals surface area contributed by atoms with E-state index in [0.717, 1.165) is 28.1 Å². The minimum atomic E-state index is -0.153.